The van der Waals surface area contributed by atoms with E-state index < -0.39 is 0 Å². The first-order chi connectivity index (χ1) is 9.22. The summed E-state index contributed by atoms with van der Waals surface area (Å²) in [6, 6.07) is 0. The van der Waals surface area contributed by atoms with Gasteiger partial charge in [-0.3, -0.25) is 0 Å². The number of nitrogens with zero attached hydrogens (tertiary/aromatic N) is 4. The third-order valence-electron chi connectivity index (χ3n) is 3.90. The van der Waals surface area contributed by atoms with Gasteiger partial charge in [-0.1, -0.05) is 12.1 Å². The number of aromatic nitrogens is 2. The number of likely N-dealkylation sites (tertiary alicyclic amines) is 1. The summed E-state index contributed by atoms with van der Waals surface area (Å²) in [5.74, 6) is 3.28. The smallest absolute Gasteiger partial charge is 0.229 e. The molecule has 0 spiro atoms. The third kappa shape index (κ3) is 3.05. The van der Waals surface area contributed by atoms with E-state index in [-0.39, 0.29) is 0 Å². The summed E-state index contributed by atoms with van der Waals surface area (Å²) in [6.07, 6.45) is 4.70. The molecular weight excluding hydrogens is 242 g/mol. The molecule has 2 heterocycles. The van der Waals surface area contributed by atoms with Crippen molar-refractivity contribution in [3.8, 4) is 0 Å². The van der Waals surface area contributed by atoms with Gasteiger partial charge in [0.25, 0.3) is 0 Å². The Morgan fingerprint density at radius 3 is 2.79 bits per heavy atom. The van der Waals surface area contributed by atoms with Gasteiger partial charge in [0.15, 0.2) is 11.8 Å². The molecule has 1 aromatic rings. The van der Waals surface area contributed by atoms with Crippen LogP contribution in [-0.4, -0.2) is 34.1 Å². The van der Waals surface area contributed by atoms with Crippen LogP contribution in [0.5, 0.6) is 0 Å². The van der Waals surface area contributed by atoms with Crippen LogP contribution in [-0.2, 0) is 6.54 Å². The van der Waals surface area contributed by atoms with E-state index in [9.17, 15) is 0 Å². The fraction of sp³-hybridized carbons (Fsp3) is 0.769. The van der Waals surface area contributed by atoms with Crippen molar-refractivity contribution in [3.63, 3.8) is 0 Å². The first-order valence-corrected chi connectivity index (χ1v) is 7.09. The lowest BCUT2D eigenvalue weighted by Gasteiger charge is -2.30. The predicted molar refractivity (Wildman–Crippen MR) is 71.6 cm³/mol. The van der Waals surface area contributed by atoms with Crippen LogP contribution < -0.4 is 5.73 Å². The van der Waals surface area contributed by atoms with E-state index in [1.807, 2.05) is 0 Å². The number of guanidine groups is 1. The van der Waals surface area contributed by atoms with Crippen molar-refractivity contribution in [2.45, 2.75) is 45.1 Å². The quantitative estimate of drug-likeness (QED) is 0.660. The molecule has 2 aliphatic rings. The molecule has 3 rings (SSSR count). The molecule has 0 unspecified atom stereocenters. The van der Waals surface area contributed by atoms with Gasteiger partial charge in [0.2, 0.25) is 5.89 Å². The zero-order chi connectivity index (χ0) is 13.2. The van der Waals surface area contributed by atoms with Crippen LogP contribution in [0.15, 0.2) is 9.52 Å². The maximum atomic E-state index is 6.01. The molecule has 1 aliphatic heterocycles. The molecule has 2 fully saturated rings. The second-order valence-corrected chi connectivity index (χ2v) is 5.67. The summed E-state index contributed by atoms with van der Waals surface area (Å²) >= 11 is 0. The van der Waals surface area contributed by atoms with E-state index in [1.165, 1.54) is 25.7 Å². The van der Waals surface area contributed by atoms with E-state index in [0.29, 0.717) is 24.2 Å². The molecule has 1 saturated carbocycles. The van der Waals surface area contributed by atoms with Gasteiger partial charge < -0.3 is 15.2 Å². The van der Waals surface area contributed by atoms with Crippen molar-refractivity contribution in [1.82, 2.24) is 15.0 Å². The van der Waals surface area contributed by atoms with Gasteiger partial charge in [-0.05, 0) is 31.6 Å². The molecule has 0 radical (unpaired) electrons. The SMILES string of the molecule is CC1CCN(C(N)=NCc2noc(C3CC3)n2)CC1. The predicted octanol–water partition coefficient (Wildman–Crippen LogP) is 1.49. The monoisotopic (exact) mass is 263 g/mol. The first-order valence-electron chi connectivity index (χ1n) is 7.09. The molecule has 19 heavy (non-hydrogen) atoms. The van der Waals surface area contributed by atoms with Crippen molar-refractivity contribution in [2.75, 3.05) is 13.1 Å². The number of piperidine rings is 1. The minimum absolute atomic E-state index is 0.411. The fourth-order valence-corrected chi connectivity index (χ4v) is 2.32. The number of nitrogens with two attached hydrogens (primary N) is 1. The Morgan fingerprint density at radius 1 is 1.37 bits per heavy atom. The first kappa shape index (κ1) is 12.4. The summed E-state index contributed by atoms with van der Waals surface area (Å²) in [7, 11) is 0. The number of rotatable bonds is 3. The molecule has 0 aromatic carbocycles. The van der Waals surface area contributed by atoms with Gasteiger partial charge in [-0.2, -0.15) is 4.98 Å². The summed E-state index contributed by atoms with van der Waals surface area (Å²) < 4.78 is 5.20. The molecule has 1 saturated heterocycles. The van der Waals surface area contributed by atoms with Crippen LogP contribution in [0, 0.1) is 5.92 Å². The van der Waals surface area contributed by atoms with Crippen LogP contribution in [0.3, 0.4) is 0 Å². The van der Waals surface area contributed by atoms with Crippen LogP contribution in [0.4, 0.5) is 0 Å². The third-order valence-corrected chi connectivity index (χ3v) is 3.90. The molecule has 0 amide bonds. The summed E-state index contributed by atoms with van der Waals surface area (Å²) in [5, 5.41) is 3.94. The van der Waals surface area contributed by atoms with Crippen LogP contribution >= 0.6 is 0 Å². The number of hydrogen-bond donors (Lipinski definition) is 1. The highest BCUT2D eigenvalue weighted by Crippen LogP contribution is 2.38. The lowest BCUT2D eigenvalue weighted by molar-refractivity contribution is 0.277. The van der Waals surface area contributed by atoms with E-state index in [4.69, 9.17) is 10.3 Å². The minimum atomic E-state index is 0.411. The Kier molecular flexibility index (Phi) is 3.40. The summed E-state index contributed by atoms with van der Waals surface area (Å²) in [4.78, 5) is 10.9. The fourth-order valence-electron chi connectivity index (χ4n) is 2.32. The van der Waals surface area contributed by atoms with Gasteiger partial charge in [0.1, 0.15) is 6.54 Å². The maximum Gasteiger partial charge on any atom is 0.229 e. The van der Waals surface area contributed by atoms with Gasteiger partial charge in [0.05, 0.1) is 0 Å². The second-order valence-electron chi connectivity index (χ2n) is 5.67. The standard InChI is InChI=1S/C13H21N5O/c1-9-4-6-18(7-5-9)13(14)15-8-11-16-12(19-17-11)10-2-3-10/h9-10H,2-8H2,1H3,(H2,14,15). The zero-order valence-corrected chi connectivity index (χ0v) is 11.4. The van der Waals surface area contributed by atoms with Crippen molar-refractivity contribution >= 4 is 5.96 Å². The van der Waals surface area contributed by atoms with Crippen molar-refractivity contribution in [2.24, 2.45) is 16.6 Å². The van der Waals surface area contributed by atoms with Crippen molar-refractivity contribution in [1.29, 1.82) is 0 Å². The number of hydrogen-bond acceptors (Lipinski definition) is 4. The van der Waals surface area contributed by atoms with Gasteiger partial charge in [0, 0.05) is 19.0 Å². The van der Waals surface area contributed by atoms with Gasteiger partial charge in [-0.15, -0.1) is 0 Å². The highest BCUT2D eigenvalue weighted by atomic mass is 16.5. The topological polar surface area (TPSA) is 80.5 Å². The van der Waals surface area contributed by atoms with Crippen LogP contribution in [0.2, 0.25) is 0 Å². The van der Waals surface area contributed by atoms with E-state index >= 15 is 0 Å². The Bertz CT molecular complexity index is 457. The molecule has 6 heteroatoms. The lowest BCUT2D eigenvalue weighted by atomic mass is 10.00. The Balaban J connectivity index is 1.55. The summed E-state index contributed by atoms with van der Waals surface area (Å²) in [6.45, 7) is 4.68. The highest BCUT2D eigenvalue weighted by Gasteiger charge is 2.29. The zero-order valence-electron chi connectivity index (χ0n) is 11.4. The van der Waals surface area contributed by atoms with E-state index in [0.717, 1.165) is 24.9 Å². The molecule has 2 N–H and O–H groups in total. The number of aliphatic imine (C=N–C) groups is 1. The normalized spacial score (nSPS) is 21.9. The van der Waals surface area contributed by atoms with E-state index in [1.54, 1.807) is 0 Å². The Labute approximate surface area is 113 Å². The summed E-state index contributed by atoms with van der Waals surface area (Å²) in [5.41, 5.74) is 6.01. The molecule has 0 atom stereocenters. The van der Waals surface area contributed by atoms with Crippen LogP contribution in [0.25, 0.3) is 0 Å². The lowest BCUT2D eigenvalue weighted by Crippen LogP contribution is -2.42. The minimum Gasteiger partial charge on any atom is -0.370 e. The highest BCUT2D eigenvalue weighted by molar-refractivity contribution is 5.78. The maximum absolute atomic E-state index is 6.01. The second kappa shape index (κ2) is 5.19. The Morgan fingerprint density at radius 2 is 2.11 bits per heavy atom. The largest absolute Gasteiger partial charge is 0.370 e. The molecule has 104 valence electrons. The van der Waals surface area contributed by atoms with Crippen LogP contribution in [0.1, 0.15) is 50.2 Å². The van der Waals surface area contributed by atoms with Gasteiger partial charge in [-0.25, -0.2) is 4.99 Å². The van der Waals surface area contributed by atoms with Crippen molar-refractivity contribution < 1.29 is 4.52 Å². The average Bonchev–Trinajstić information content (AvgIpc) is 3.16. The Hall–Kier alpha value is -1.59. The van der Waals surface area contributed by atoms with Crippen molar-refractivity contribution in [3.05, 3.63) is 11.7 Å². The average molecular weight is 263 g/mol. The molecule has 0 bridgehead atoms. The molecular formula is C13H21N5O. The molecule has 1 aromatic heterocycles. The van der Waals surface area contributed by atoms with E-state index in [2.05, 4.69) is 27.0 Å². The van der Waals surface area contributed by atoms with Gasteiger partial charge >= 0.3 is 0 Å². The molecule has 6 nitrogen and oxygen atoms in total. The molecule has 1 aliphatic carbocycles.